The molecule has 1 fully saturated rings. The van der Waals surface area contributed by atoms with Crippen LogP contribution >= 0.6 is 0 Å². The summed E-state index contributed by atoms with van der Waals surface area (Å²) in [6.07, 6.45) is -3.65. The summed E-state index contributed by atoms with van der Waals surface area (Å²) in [5, 5.41) is 1.83. The molecule has 0 aliphatic carbocycles. The van der Waals surface area contributed by atoms with Crippen molar-refractivity contribution < 1.29 is 22.8 Å². The van der Waals surface area contributed by atoms with Gasteiger partial charge in [0.1, 0.15) is 6.54 Å². The summed E-state index contributed by atoms with van der Waals surface area (Å²) in [6.45, 7) is 0.743. The fourth-order valence-corrected chi connectivity index (χ4v) is 2.38. The van der Waals surface area contributed by atoms with Crippen LogP contribution in [0.3, 0.4) is 0 Å². The molecule has 2 amide bonds. The molecule has 0 saturated carbocycles. The van der Waals surface area contributed by atoms with E-state index in [4.69, 9.17) is 0 Å². The summed E-state index contributed by atoms with van der Waals surface area (Å²) in [4.78, 5) is 25.1. The van der Waals surface area contributed by atoms with Crippen molar-refractivity contribution in [3.8, 4) is 0 Å². The fraction of sp³-hybridized carbons (Fsp3) is 0.467. The van der Waals surface area contributed by atoms with Gasteiger partial charge in [-0.3, -0.25) is 9.59 Å². The van der Waals surface area contributed by atoms with Gasteiger partial charge in [0.2, 0.25) is 11.8 Å². The highest BCUT2D eigenvalue weighted by Gasteiger charge is 2.36. The van der Waals surface area contributed by atoms with Gasteiger partial charge in [-0.05, 0) is 24.1 Å². The predicted molar refractivity (Wildman–Crippen MR) is 75.3 cm³/mol. The summed E-state index contributed by atoms with van der Waals surface area (Å²) in [5.41, 5.74) is 1.78. The molecule has 1 heterocycles. The standard InChI is InChI=1S/C15H17F3N2O2/c1-2-10-3-5-12(6-4-10)20-8-11(7-13(20)21)14(22)19-9-15(16,17)18/h3-6,11H,2,7-9H2,1H3,(H,19,22). The third-order valence-corrected chi connectivity index (χ3v) is 3.62. The Labute approximate surface area is 126 Å². The van der Waals surface area contributed by atoms with Crippen molar-refractivity contribution in [2.75, 3.05) is 18.0 Å². The van der Waals surface area contributed by atoms with Crippen LogP contribution in [0.25, 0.3) is 0 Å². The van der Waals surface area contributed by atoms with Crippen LogP contribution in [0.2, 0.25) is 0 Å². The molecule has 7 heteroatoms. The van der Waals surface area contributed by atoms with Crippen molar-refractivity contribution in [1.82, 2.24) is 5.32 Å². The van der Waals surface area contributed by atoms with Gasteiger partial charge in [0.15, 0.2) is 0 Å². The molecule has 1 aromatic carbocycles. The molecule has 4 nitrogen and oxygen atoms in total. The molecular formula is C15H17F3N2O2. The number of nitrogens with one attached hydrogen (secondary N) is 1. The van der Waals surface area contributed by atoms with Gasteiger partial charge in [-0.25, -0.2) is 0 Å². The van der Waals surface area contributed by atoms with Crippen molar-refractivity contribution >= 4 is 17.5 Å². The number of aryl methyl sites for hydroxylation is 1. The minimum atomic E-state index is -4.45. The van der Waals surface area contributed by atoms with Crippen LogP contribution in [0.1, 0.15) is 18.9 Å². The zero-order chi connectivity index (χ0) is 16.3. The number of nitrogens with zero attached hydrogens (tertiary/aromatic N) is 1. The van der Waals surface area contributed by atoms with Crippen LogP contribution in [-0.2, 0) is 16.0 Å². The average molecular weight is 314 g/mol. The molecular weight excluding hydrogens is 297 g/mol. The summed E-state index contributed by atoms with van der Waals surface area (Å²) in [6, 6.07) is 7.35. The Morgan fingerprint density at radius 3 is 2.50 bits per heavy atom. The smallest absolute Gasteiger partial charge is 0.347 e. The minimum Gasteiger partial charge on any atom is -0.347 e. The van der Waals surface area contributed by atoms with E-state index in [-0.39, 0.29) is 18.9 Å². The molecule has 0 bridgehead atoms. The lowest BCUT2D eigenvalue weighted by Crippen LogP contribution is -2.38. The van der Waals surface area contributed by atoms with Crippen LogP contribution in [-0.4, -0.2) is 31.1 Å². The van der Waals surface area contributed by atoms with E-state index >= 15 is 0 Å². The van der Waals surface area contributed by atoms with E-state index in [0.29, 0.717) is 5.69 Å². The molecule has 1 unspecified atom stereocenters. The van der Waals surface area contributed by atoms with Gasteiger partial charge >= 0.3 is 6.18 Å². The van der Waals surface area contributed by atoms with Crippen molar-refractivity contribution in [2.45, 2.75) is 25.9 Å². The van der Waals surface area contributed by atoms with Crippen molar-refractivity contribution in [3.63, 3.8) is 0 Å². The van der Waals surface area contributed by atoms with Gasteiger partial charge in [-0.15, -0.1) is 0 Å². The van der Waals surface area contributed by atoms with E-state index in [1.54, 1.807) is 12.1 Å². The van der Waals surface area contributed by atoms with Crippen molar-refractivity contribution in [3.05, 3.63) is 29.8 Å². The number of rotatable bonds is 4. The summed E-state index contributed by atoms with van der Waals surface area (Å²) in [7, 11) is 0. The number of hydrogen-bond acceptors (Lipinski definition) is 2. The van der Waals surface area contributed by atoms with Crippen LogP contribution in [0.4, 0.5) is 18.9 Å². The third-order valence-electron chi connectivity index (χ3n) is 3.62. The first kappa shape index (κ1) is 16.3. The Kier molecular flexibility index (Phi) is 4.73. The largest absolute Gasteiger partial charge is 0.405 e. The van der Waals surface area contributed by atoms with Crippen molar-refractivity contribution in [2.24, 2.45) is 5.92 Å². The van der Waals surface area contributed by atoms with E-state index in [0.717, 1.165) is 12.0 Å². The minimum absolute atomic E-state index is 0.0702. The number of anilines is 1. The van der Waals surface area contributed by atoms with E-state index in [9.17, 15) is 22.8 Å². The van der Waals surface area contributed by atoms with Gasteiger partial charge < -0.3 is 10.2 Å². The Hall–Kier alpha value is -2.05. The van der Waals surface area contributed by atoms with E-state index in [1.165, 1.54) is 4.90 Å². The molecule has 120 valence electrons. The van der Waals surface area contributed by atoms with Crippen LogP contribution in [0, 0.1) is 5.92 Å². The molecule has 1 aliphatic heterocycles. The van der Waals surface area contributed by atoms with Gasteiger partial charge in [-0.2, -0.15) is 13.2 Å². The number of benzene rings is 1. The number of amides is 2. The zero-order valence-corrected chi connectivity index (χ0v) is 12.1. The van der Waals surface area contributed by atoms with Gasteiger partial charge in [0.25, 0.3) is 0 Å². The number of halogens is 3. The second-order valence-electron chi connectivity index (χ2n) is 5.26. The number of alkyl halides is 3. The fourth-order valence-electron chi connectivity index (χ4n) is 2.38. The maximum absolute atomic E-state index is 12.1. The lowest BCUT2D eigenvalue weighted by molar-refractivity contribution is -0.140. The van der Waals surface area contributed by atoms with E-state index in [1.807, 2.05) is 24.4 Å². The Balaban J connectivity index is 1.99. The van der Waals surface area contributed by atoms with Crippen LogP contribution < -0.4 is 10.2 Å². The quantitative estimate of drug-likeness (QED) is 0.927. The number of hydrogen-bond donors (Lipinski definition) is 1. The Morgan fingerprint density at radius 2 is 1.95 bits per heavy atom. The summed E-state index contributed by atoms with van der Waals surface area (Å²) < 4.78 is 36.3. The lowest BCUT2D eigenvalue weighted by Gasteiger charge is -2.17. The molecule has 1 atom stereocenters. The highest BCUT2D eigenvalue weighted by molar-refractivity contribution is 6.00. The molecule has 1 aromatic rings. The molecule has 0 radical (unpaired) electrons. The summed E-state index contributed by atoms with van der Waals surface area (Å²) in [5.74, 6) is -1.74. The third kappa shape index (κ3) is 3.99. The topological polar surface area (TPSA) is 49.4 Å². The SMILES string of the molecule is CCc1ccc(N2CC(C(=O)NCC(F)(F)F)CC2=O)cc1. The van der Waals surface area contributed by atoms with Crippen LogP contribution in [0.15, 0.2) is 24.3 Å². The van der Waals surface area contributed by atoms with E-state index in [2.05, 4.69) is 0 Å². The average Bonchev–Trinajstić information content (AvgIpc) is 2.86. The second-order valence-corrected chi connectivity index (χ2v) is 5.26. The second kappa shape index (κ2) is 6.37. The van der Waals surface area contributed by atoms with E-state index < -0.39 is 24.5 Å². The molecule has 2 rings (SSSR count). The van der Waals surface area contributed by atoms with Gasteiger partial charge in [0, 0.05) is 18.7 Å². The molecule has 22 heavy (non-hydrogen) atoms. The first-order valence-corrected chi connectivity index (χ1v) is 7.04. The predicted octanol–water partition coefficient (Wildman–Crippen LogP) is 2.28. The monoisotopic (exact) mass is 314 g/mol. The highest BCUT2D eigenvalue weighted by atomic mass is 19.4. The lowest BCUT2D eigenvalue weighted by atomic mass is 10.1. The number of carbonyl (C=O) groups excluding carboxylic acids is 2. The van der Waals surface area contributed by atoms with Crippen LogP contribution in [0.5, 0.6) is 0 Å². The normalized spacial score (nSPS) is 18.6. The maximum Gasteiger partial charge on any atom is 0.405 e. The highest BCUT2D eigenvalue weighted by Crippen LogP contribution is 2.26. The first-order valence-electron chi connectivity index (χ1n) is 7.04. The van der Waals surface area contributed by atoms with Gasteiger partial charge in [0.05, 0.1) is 5.92 Å². The van der Waals surface area contributed by atoms with Gasteiger partial charge in [-0.1, -0.05) is 19.1 Å². The molecule has 1 saturated heterocycles. The van der Waals surface area contributed by atoms with Crippen molar-refractivity contribution in [1.29, 1.82) is 0 Å². The molecule has 1 N–H and O–H groups in total. The first-order chi connectivity index (χ1) is 10.3. The Morgan fingerprint density at radius 1 is 1.32 bits per heavy atom. The Bertz CT molecular complexity index is 555. The number of carbonyl (C=O) groups is 2. The zero-order valence-electron chi connectivity index (χ0n) is 12.1. The summed E-state index contributed by atoms with van der Waals surface area (Å²) >= 11 is 0. The molecule has 0 spiro atoms. The maximum atomic E-state index is 12.1. The molecule has 0 aromatic heterocycles. The molecule has 1 aliphatic rings.